The van der Waals surface area contributed by atoms with Crippen molar-refractivity contribution in [1.82, 2.24) is 0 Å². The van der Waals surface area contributed by atoms with E-state index in [1.54, 1.807) is 12.1 Å². The Bertz CT molecular complexity index is 610. The molecule has 1 nitrogen and oxygen atoms in total. The molecule has 0 saturated heterocycles. The van der Waals surface area contributed by atoms with E-state index in [0.717, 1.165) is 11.3 Å². The second kappa shape index (κ2) is 5.35. The summed E-state index contributed by atoms with van der Waals surface area (Å²) in [7, 11) is 0. The molecular formula is C16H15FOS. The van der Waals surface area contributed by atoms with Crippen molar-refractivity contribution in [3.63, 3.8) is 0 Å². The minimum absolute atomic E-state index is 0.124. The highest BCUT2D eigenvalue weighted by atomic mass is 32.2. The van der Waals surface area contributed by atoms with Gasteiger partial charge in [-0.15, -0.1) is 0 Å². The third-order valence-corrected chi connectivity index (χ3v) is 4.52. The molecule has 0 saturated carbocycles. The molecular weight excluding hydrogens is 259 g/mol. The third-order valence-electron chi connectivity index (χ3n) is 3.48. The predicted octanol–water partition coefficient (Wildman–Crippen LogP) is 3.96. The fraction of sp³-hybridized carbons (Fsp3) is 0.250. The van der Waals surface area contributed by atoms with E-state index in [2.05, 4.69) is 18.2 Å². The fourth-order valence-corrected chi connectivity index (χ4v) is 3.35. The van der Waals surface area contributed by atoms with E-state index in [4.69, 9.17) is 5.11 Å². The van der Waals surface area contributed by atoms with Crippen LogP contribution in [0.15, 0.2) is 46.2 Å². The Labute approximate surface area is 116 Å². The van der Waals surface area contributed by atoms with Crippen LogP contribution in [0.1, 0.15) is 23.1 Å². The number of aliphatic hydroxyl groups is 1. The summed E-state index contributed by atoms with van der Waals surface area (Å²) in [6.45, 7) is -0.124. The topological polar surface area (TPSA) is 20.2 Å². The van der Waals surface area contributed by atoms with Crippen LogP contribution in [0.2, 0.25) is 0 Å². The minimum Gasteiger partial charge on any atom is -0.392 e. The number of halogens is 1. The van der Waals surface area contributed by atoms with Crippen LogP contribution in [0, 0.1) is 5.82 Å². The maximum absolute atomic E-state index is 13.9. The van der Waals surface area contributed by atoms with Gasteiger partial charge in [-0.2, -0.15) is 0 Å². The first kappa shape index (κ1) is 12.7. The molecule has 0 unspecified atom stereocenters. The van der Waals surface area contributed by atoms with Crippen molar-refractivity contribution >= 4 is 11.8 Å². The molecule has 2 aromatic carbocycles. The zero-order valence-electron chi connectivity index (χ0n) is 10.5. The molecule has 1 N–H and O–H groups in total. The average Bonchev–Trinajstić information content (AvgIpc) is 2.88. The quantitative estimate of drug-likeness (QED) is 0.914. The third kappa shape index (κ3) is 2.67. The maximum atomic E-state index is 13.9. The molecule has 0 aromatic heterocycles. The van der Waals surface area contributed by atoms with Crippen molar-refractivity contribution in [1.29, 1.82) is 0 Å². The molecule has 2 aromatic rings. The molecule has 3 heteroatoms. The van der Waals surface area contributed by atoms with Crippen LogP contribution in [0.4, 0.5) is 4.39 Å². The Morgan fingerprint density at radius 3 is 2.68 bits per heavy atom. The van der Waals surface area contributed by atoms with Crippen molar-refractivity contribution in [2.75, 3.05) is 0 Å². The summed E-state index contributed by atoms with van der Waals surface area (Å²) in [5.74, 6) is -0.267. The molecule has 3 rings (SSSR count). The molecule has 0 fully saturated rings. The Morgan fingerprint density at radius 1 is 1.05 bits per heavy atom. The molecule has 19 heavy (non-hydrogen) atoms. The number of hydrogen-bond donors (Lipinski definition) is 1. The smallest absolute Gasteiger partial charge is 0.137 e. The first-order valence-electron chi connectivity index (χ1n) is 6.45. The highest BCUT2D eigenvalue weighted by molar-refractivity contribution is 7.99. The van der Waals surface area contributed by atoms with E-state index < -0.39 is 0 Å². The molecule has 0 spiro atoms. The highest BCUT2D eigenvalue weighted by Crippen LogP contribution is 2.33. The van der Waals surface area contributed by atoms with E-state index in [1.807, 2.05) is 0 Å². The number of rotatable bonds is 3. The zero-order valence-corrected chi connectivity index (χ0v) is 11.3. The van der Waals surface area contributed by atoms with E-state index in [1.165, 1.54) is 41.8 Å². The van der Waals surface area contributed by atoms with Crippen LogP contribution in [-0.4, -0.2) is 5.11 Å². The first-order chi connectivity index (χ1) is 9.26. The summed E-state index contributed by atoms with van der Waals surface area (Å²) >= 11 is 1.44. The van der Waals surface area contributed by atoms with E-state index in [-0.39, 0.29) is 12.4 Å². The lowest BCUT2D eigenvalue weighted by Crippen LogP contribution is -1.88. The standard InChI is InChI=1S/C16H15FOS/c17-15-8-11(10-18)4-7-16(15)19-14-6-5-12-2-1-3-13(12)9-14/h4-9,18H,1-3,10H2. The lowest BCUT2D eigenvalue weighted by Gasteiger charge is -2.07. The van der Waals surface area contributed by atoms with Crippen molar-refractivity contribution in [3.8, 4) is 0 Å². The number of aliphatic hydroxyl groups excluding tert-OH is 1. The monoisotopic (exact) mass is 274 g/mol. The maximum Gasteiger partial charge on any atom is 0.137 e. The van der Waals surface area contributed by atoms with Gasteiger partial charge >= 0.3 is 0 Å². The Balaban J connectivity index is 1.85. The van der Waals surface area contributed by atoms with Gasteiger partial charge in [-0.05, 0) is 60.2 Å². The van der Waals surface area contributed by atoms with Gasteiger partial charge in [0, 0.05) is 9.79 Å². The number of benzene rings is 2. The number of hydrogen-bond acceptors (Lipinski definition) is 2. The van der Waals surface area contributed by atoms with E-state index in [9.17, 15) is 4.39 Å². The van der Waals surface area contributed by atoms with Gasteiger partial charge in [0.05, 0.1) is 6.61 Å². The van der Waals surface area contributed by atoms with Gasteiger partial charge in [0.15, 0.2) is 0 Å². The first-order valence-corrected chi connectivity index (χ1v) is 7.27. The Hall–Kier alpha value is -1.32. The summed E-state index contributed by atoms with van der Waals surface area (Å²) in [4.78, 5) is 1.69. The molecule has 1 aliphatic carbocycles. The number of fused-ring (bicyclic) bond motifs is 1. The van der Waals surface area contributed by atoms with Gasteiger partial charge in [-0.25, -0.2) is 4.39 Å². The Morgan fingerprint density at radius 2 is 1.89 bits per heavy atom. The van der Waals surface area contributed by atoms with Crippen molar-refractivity contribution in [3.05, 3.63) is 58.9 Å². The molecule has 0 heterocycles. The predicted molar refractivity (Wildman–Crippen MR) is 74.9 cm³/mol. The summed E-state index contributed by atoms with van der Waals surface area (Å²) in [5.41, 5.74) is 3.44. The van der Waals surface area contributed by atoms with Crippen LogP contribution < -0.4 is 0 Å². The lowest BCUT2D eigenvalue weighted by molar-refractivity contribution is 0.281. The van der Waals surface area contributed by atoms with E-state index >= 15 is 0 Å². The second-order valence-electron chi connectivity index (χ2n) is 4.81. The van der Waals surface area contributed by atoms with Crippen LogP contribution in [0.25, 0.3) is 0 Å². The summed E-state index contributed by atoms with van der Waals surface area (Å²) in [5, 5.41) is 8.97. The van der Waals surface area contributed by atoms with Crippen LogP contribution in [0.3, 0.4) is 0 Å². The molecule has 0 radical (unpaired) electrons. The van der Waals surface area contributed by atoms with Crippen molar-refractivity contribution in [2.24, 2.45) is 0 Å². The molecule has 0 bridgehead atoms. The van der Waals surface area contributed by atoms with Crippen molar-refractivity contribution in [2.45, 2.75) is 35.7 Å². The van der Waals surface area contributed by atoms with E-state index in [0.29, 0.717) is 10.5 Å². The molecule has 0 amide bonds. The van der Waals surface area contributed by atoms with Gasteiger partial charge < -0.3 is 5.11 Å². The lowest BCUT2D eigenvalue weighted by atomic mass is 10.1. The minimum atomic E-state index is -0.267. The number of aryl methyl sites for hydroxylation is 2. The summed E-state index contributed by atoms with van der Waals surface area (Å²) in [6, 6.07) is 11.3. The average molecular weight is 274 g/mol. The zero-order chi connectivity index (χ0) is 13.2. The largest absolute Gasteiger partial charge is 0.392 e. The van der Waals surface area contributed by atoms with Gasteiger partial charge in [-0.3, -0.25) is 0 Å². The second-order valence-corrected chi connectivity index (χ2v) is 5.92. The summed E-state index contributed by atoms with van der Waals surface area (Å²) in [6.07, 6.45) is 3.53. The van der Waals surface area contributed by atoms with Crippen molar-refractivity contribution < 1.29 is 9.50 Å². The molecule has 1 aliphatic rings. The Kier molecular flexibility index (Phi) is 3.58. The summed E-state index contributed by atoms with van der Waals surface area (Å²) < 4.78 is 13.9. The fourth-order valence-electron chi connectivity index (χ4n) is 2.46. The SMILES string of the molecule is OCc1ccc(Sc2ccc3c(c2)CCC3)c(F)c1. The van der Waals surface area contributed by atoms with Gasteiger partial charge in [0.2, 0.25) is 0 Å². The van der Waals surface area contributed by atoms with Crippen LogP contribution >= 0.6 is 11.8 Å². The molecule has 0 atom stereocenters. The highest BCUT2D eigenvalue weighted by Gasteiger charge is 2.12. The van der Waals surface area contributed by atoms with Gasteiger partial charge in [-0.1, -0.05) is 23.9 Å². The van der Waals surface area contributed by atoms with Crippen LogP contribution in [0.5, 0.6) is 0 Å². The molecule has 98 valence electrons. The molecule has 0 aliphatic heterocycles. The van der Waals surface area contributed by atoms with Gasteiger partial charge in [0.1, 0.15) is 5.82 Å². The normalized spacial score (nSPS) is 13.6. The van der Waals surface area contributed by atoms with Crippen LogP contribution in [-0.2, 0) is 19.4 Å². The van der Waals surface area contributed by atoms with Gasteiger partial charge in [0.25, 0.3) is 0 Å².